The van der Waals surface area contributed by atoms with Gasteiger partial charge in [-0.1, -0.05) is 6.07 Å². The topological polar surface area (TPSA) is 84.3 Å². The predicted molar refractivity (Wildman–Crippen MR) is 76.7 cm³/mol. The molecule has 5 nitrogen and oxygen atoms in total. The monoisotopic (exact) mass is 267 g/mol. The molecule has 3 rings (SSSR count). The number of phenols is 2. The molecule has 0 aliphatic carbocycles. The van der Waals surface area contributed by atoms with Crippen LogP contribution < -0.4 is 5.73 Å². The van der Waals surface area contributed by atoms with E-state index in [-0.39, 0.29) is 11.5 Å². The molecule has 0 aliphatic heterocycles. The molecule has 0 fully saturated rings. The number of nitrogens with zero attached hydrogens (tertiary/aromatic N) is 2. The van der Waals surface area contributed by atoms with Crippen LogP contribution in [-0.4, -0.2) is 20.0 Å². The fraction of sp³-hybridized carbons (Fsp3) is 0. The first kappa shape index (κ1) is 12.1. The Kier molecular flexibility index (Phi) is 2.80. The zero-order chi connectivity index (χ0) is 14.1. The Morgan fingerprint density at radius 1 is 1.00 bits per heavy atom. The fourth-order valence-corrected chi connectivity index (χ4v) is 2.11. The molecule has 1 aromatic heterocycles. The minimum absolute atomic E-state index is 0.00402. The molecule has 0 unspecified atom stereocenters. The molecule has 1 heterocycles. The highest BCUT2D eigenvalue weighted by atomic mass is 16.3. The standard InChI is InChI=1S/C15H13N3O2/c16-10-2-1-3-11(8-10)18-14(6-7-17-18)13-5-4-12(19)9-15(13)20/h1-9,19-20H,16H2. The van der Waals surface area contributed by atoms with Crippen LogP contribution in [0.4, 0.5) is 5.69 Å². The first-order chi connectivity index (χ1) is 9.65. The molecule has 5 heteroatoms. The van der Waals surface area contributed by atoms with E-state index in [4.69, 9.17) is 5.73 Å². The van der Waals surface area contributed by atoms with E-state index >= 15 is 0 Å². The Hall–Kier alpha value is -2.95. The van der Waals surface area contributed by atoms with Crippen LogP contribution in [0.15, 0.2) is 54.7 Å². The molecule has 0 aliphatic rings. The number of aromatic hydroxyl groups is 2. The number of nitrogens with two attached hydrogens (primary N) is 1. The molecular formula is C15H13N3O2. The zero-order valence-corrected chi connectivity index (χ0v) is 10.6. The maximum Gasteiger partial charge on any atom is 0.128 e. The number of hydrogen-bond acceptors (Lipinski definition) is 4. The molecule has 3 aromatic rings. The average Bonchev–Trinajstić information content (AvgIpc) is 2.87. The van der Waals surface area contributed by atoms with Crippen molar-refractivity contribution in [3.05, 3.63) is 54.7 Å². The van der Waals surface area contributed by atoms with Crippen molar-refractivity contribution in [2.75, 3.05) is 5.73 Å². The highest BCUT2D eigenvalue weighted by molar-refractivity contribution is 5.70. The number of hydrogen-bond donors (Lipinski definition) is 3. The number of nitrogen functional groups attached to an aromatic ring is 1. The van der Waals surface area contributed by atoms with Gasteiger partial charge in [-0.25, -0.2) is 4.68 Å². The maximum absolute atomic E-state index is 9.96. The number of rotatable bonds is 2. The summed E-state index contributed by atoms with van der Waals surface area (Å²) in [4.78, 5) is 0. The van der Waals surface area contributed by atoms with E-state index < -0.39 is 0 Å². The molecule has 0 bridgehead atoms. The summed E-state index contributed by atoms with van der Waals surface area (Å²) in [6.07, 6.45) is 1.64. The van der Waals surface area contributed by atoms with Crippen LogP contribution in [0.1, 0.15) is 0 Å². The minimum Gasteiger partial charge on any atom is -0.508 e. The number of aromatic nitrogens is 2. The molecular weight excluding hydrogens is 254 g/mol. The van der Waals surface area contributed by atoms with Crippen molar-refractivity contribution in [3.8, 4) is 28.4 Å². The van der Waals surface area contributed by atoms with Crippen molar-refractivity contribution in [3.63, 3.8) is 0 Å². The van der Waals surface area contributed by atoms with Crippen LogP contribution in [-0.2, 0) is 0 Å². The van der Waals surface area contributed by atoms with E-state index in [2.05, 4.69) is 5.10 Å². The van der Waals surface area contributed by atoms with Crippen LogP contribution in [0.2, 0.25) is 0 Å². The van der Waals surface area contributed by atoms with Crippen LogP contribution in [0, 0.1) is 0 Å². The first-order valence-corrected chi connectivity index (χ1v) is 6.07. The summed E-state index contributed by atoms with van der Waals surface area (Å²) >= 11 is 0. The van der Waals surface area contributed by atoms with Gasteiger partial charge >= 0.3 is 0 Å². The van der Waals surface area contributed by atoms with Gasteiger partial charge in [0.2, 0.25) is 0 Å². The molecule has 0 saturated heterocycles. The molecule has 100 valence electrons. The van der Waals surface area contributed by atoms with Gasteiger partial charge in [0.25, 0.3) is 0 Å². The van der Waals surface area contributed by atoms with Crippen molar-refractivity contribution >= 4 is 5.69 Å². The highest BCUT2D eigenvalue weighted by Gasteiger charge is 2.12. The zero-order valence-electron chi connectivity index (χ0n) is 10.6. The van der Waals surface area contributed by atoms with Crippen molar-refractivity contribution in [2.45, 2.75) is 0 Å². The Morgan fingerprint density at radius 2 is 1.85 bits per heavy atom. The fourth-order valence-electron chi connectivity index (χ4n) is 2.11. The van der Waals surface area contributed by atoms with Gasteiger partial charge in [-0.3, -0.25) is 0 Å². The van der Waals surface area contributed by atoms with Gasteiger partial charge < -0.3 is 15.9 Å². The molecule has 20 heavy (non-hydrogen) atoms. The smallest absolute Gasteiger partial charge is 0.128 e. The summed E-state index contributed by atoms with van der Waals surface area (Å²) in [5.74, 6) is 0.0110. The molecule has 0 radical (unpaired) electrons. The average molecular weight is 267 g/mol. The van der Waals surface area contributed by atoms with Gasteiger partial charge in [0, 0.05) is 17.3 Å². The van der Waals surface area contributed by atoms with Crippen molar-refractivity contribution in [2.24, 2.45) is 0 Å². The summed E-state index contributed by atoms with van der Waals surface area (Å²) in [6, 6.07) is 13.6. The molecule has 0 saturated carbocycles. The van der Waals surface area contributed by atoms with Crippen LogP contribution in [0.25, 0.3) is 16.9 Å². The summed E-state index contributed by atoms with van der Waals surface area (Å²) in [5.41, 5.74) is 8.52. The predicted octanol–water partition coefficient (Wildman–Crippen LogP) is 2.53. The minimum atomic E-state index is -0.00402. The van der Waals surface area contributed by atoms with E-state index in [0.717, 1.165) is 5.69 Å². The second kappa shape index (κ2) is 4.62. The second-order valence-electron chi connectivity index (χ2n) is 4.42. The molecule has 2 aromatic carbocycles. The van der Waals surface area contributed by atoms with Crippen LogP contribution in [0.5, 0.6) is 11.5 Å². The van der Waals surface area contributed by atoms with E-state index in [9.17, 15) is 10.2 Å². The van der Waals surface area contributed by atoms with Crippen molar-refractivity contribution < 1.29 is 10.2 Å². The van der Waals surface area contributed by atoms with Gasteiger partial charge in [-0.2, -0.15) is 5.10 Å². The van der Waals surface area contributed by atoms with E-state index in [1.54, 1.807) is 35.1 Å². The largest absolute Gasteiger partial charge is 0.508 e. The number of benzene rings is 2. The quantitative estimate of drug-likeness (QED) is 0.623. The summed E-state index contributed by atoms with van der Waals surface area (Å²) < 4.78 is 1.68. The number of anilines is 1. The molecule has 4 N–H and O–H groups in total. The van der Waals surface area contributed by atoms with Crippen molar-refractivity contribution in [1.82, 2.24) is 9.78 Å². The van der Waals surface area contributed by atoms with E-state index in [1.807, 2.05) is 12.1 Å². The highest BCUT2D eigenvalue weighted by Crippen LogP contribution is 2.33. The molecule has 0 spiro atoms. The van der Waals surface area contributed by atoms with Crippen molar-refractivity contribution in [1.29, 1.82) is 0 Å². The Labute approximate surface area is 115 Å². The first-order valence-electron chi connectivity index (χ1n) is 6.07. The third kappa shape index (κ3) is 2.05. The number of phenolic OH excluding ortho intramolecular Hbond substituents is 2. The van der Waals surface area contributed by atoms with E-state index in [0.29, 0.717) is 16.9 Å². The summed E-state index contributed by atoms with van der Waals surface area (Å²) in [7, 11) is 0. The lowest BCUT2D eigenvalue weighted by molar-refractivity contribution is 0.451. The summed E-state index contributed by atoms with van der Waals surface area (Å²) in [5, 5.41) is 23.6. The maximum atomic E-state index is 9.96. The van der Waals surface area contributed by atoms with Gasteiger partial charge in [-0.15, -0.1) is 0 Å². The third-order valence-corrected chi connectivity index (χ3v) is 3.01. The van der Waals surface area contributed by atoms with Gasteiger partial charge in [0.05, 0.1) is 17.6 Å². The Balaban J connectivity index is 2.15. The second-order valence-corrected chi connectivity index (χ2v) is 4.42. The van der Waals surface area contributed by atoms with Gasteiger partial charge in [0.1, 0.15) is 11.5 Å². The van der Waals surface area contributed by atoms with Crippen LogP contribution >= 0.6 is 0 Å². The van der Waals surface area contributed by atoms with Crippen LogP contribution in [0.3, 0.4) is 0 Å². The molecule has 0 atom stereocenters. The molecule has 0 amide bonds. The Bertz CT molecular complexity index is 765. The van der Waals surface area contributed by atoms with Gasteiger partial charge in [0.15, 0.2) is 0 Å². The summed E-state index contributed by atoms with van der Waals surface area (Å²) in [6.45, 7) is 0. The lowest BCUT2D eigenvalue weighted by Crippen LogP contribution is -1.99. The van der Waals surface area contributed by atoms with Gasteiger partial charge in [-0.05, 0) is 36.4 Å². The van der Waals surface area contributed by atoms with E-state index in [1.165, 1.54) is 12.1 Å². The Morgan fingerprint density at radius 3 is 2.60 bits per heavy atom. The lowest BCUT2D eigenvalue weighted by Gasteiger charge is -2.10. The normalized spacial score (nSPS) is 10.6. The lowest BCUT2D eigenvalue weighted by atomic mass is 10.1. The third-order valence-electron chi connectivity index (χ3n) is 3.01. The SMILES string of the molecule is Nc1cccc(-n2nccc2-c2ccc(O)cc2O)c1.